The van der Waals surface area contributed by atoms with Gasteiger partial charge in [-0.05, 0) is 50.4 Å². The fourth-order valence-electron chi connectivity index (χ4n) is 2.95. The molecule has 1 unspecified atom stereocenters. The highest BCUT2D eigenvalue weighted by Gasteiger charge is 2.15. The first-order valence-corrected chi connectivity index (χ1v) is 8.77. The normalized spacial score (nSPS) is 21.2. The minimum atomic E-state index is 0.997. The number of nitrogens with zero attached hydrogens (tertiary/aromatic N) is 1. The first-order valence-electron chi connectivity index (χ1n) is 7.78. The van der Waals surface area contributed by atoms with Gasteiger partial charge < -0.3 is 4.90 Å². The molecule has 0 spiro atoms. The van der Waals surface area contributed by atoms with Crippen molar-refractivity contribution in [2.75, 3.05) is 25.4 Å². The van der Waals surface area contributed by atoms with E-state index in [4.69, 9.17) is 0 Å². The molecule has 1 aromatic rings. The molecule has 2 rings (SSSR count). The maximum Gasteiger partial charge on any atom is 0.0108 e. The van der Waals surface area contributed by atoms with Crippen LogP contribution in [0.25, 0.3) is 0 Å². The number of likely N-dealkylation sites (tertiary alicyclic amines) is 1. The lowest BCUT2D eigenvalue weighted by molar-refractivity contribution is 0.296. The second-order valence-corrected chi connectivity index (χ2v) is 6.76. The Balaban J connectivity index is 1.66. The quantitative estimate of drug-likeness (QED) is 0.695. The average Bonchev–Trinajstić information content (AvgIpc) is 2.66. The van der Waals surface area contributed by atoms with Crippen molar-refractivity contribution in [2.45, 2.75) is 43.9 Å². The molecule has 1 aliphatic rings. The maximum atomic E-state index is 2.67. The van der Waals surface area contributed by atoms with Crippen LogP contribution in [0.1, 0.15) is 39.0 Å². The second kappa shape index (κ2) is 8.65. The minimum absolute atomic E-state index is 0.997. The smallest absolute Gasteiger partial charge is 0.0108 e. The second-order valence-electron chi connectivity index (χ2n) is 5.59. The van der Waals surface area contributed by atoms with Crippen LogP contribution in [0, 0.1) is 5.92 Å². The van der Waals surface area contributed by atoms with Crippen LogP contribution in [0.5, 0.6) is 0 Å². The van der Waals surface area contributed by atoms with Crippen molar-refractivity contribution in [1.29, 1.82) is 0 Å². The molecule has 1 atom stereocenters. The van der Waals surface area contributed by atoms with Crippen molar-refractivity contribution in [1.82, 2.24) is 4.90 Å². The summed E-state index contributed by atoms with van der Waals surface area (Å²) in [5.41, 5.74) is 0. The van der Waals surface area contributed by atoms with Gasteiger partial charge in [-0.25, -0.2) is 0 Å². The molecule has 1 aromatic carbocycles. The zero-order valence-corrected chi connectivity index (χ0v) is 13.0. The molecule has 19 heavy (non-hydrogen) atoms. The Morgan fingerprint density at radius 1 is 1.16 bits per heavy atom. The standard InChI is InChI=1S/C17H27NS/c1-2-7-16-8-6-12-18(13-11-16)14-15-19-17-9-4-3-5-10-17/h3-5,9-10,16H,2,6-8,11-15H2,1H3. The van der Waals surface area contributed by atoms with E-state index >= 15 is 0 Å². The van der Waals surface area contributed by atoms with E-state index in [1.54, 1.807) is 0 Å². The molecular formula is C17H27NS. The van der Waals surface area contributed by atoms with Gasteiger partial charge in [0, 0.05) is 17.2 Å². The van der Waals surface area contributed by atoms with Gasteiger partial charge in [0.2, 0.25) is 0 Å². The van der Waals surface area contributed by atoms with Gasteiger partial charge in [-0.15, -0.1) is 11.8 Å². The molecule has 0 N–H and O–H groups in total. The summed E-state index contributed by atoms with van der Waals surface area (Å²) < 4.78 is 0. The summed E-state index contributed by atoms with van der Waals surface area (Å²) in [6.45, 7) is 6.20. The minimum Gasteiger partial charge on any atom is -0.302 e. The Hall–Kier alpha value is -0.470. The third-order valence-corrected chi connectivity index (χ3v) is 5.05. The highest BCUT2D eigenvalue weighted by molar-refractivity contribution is 7.99. The van der Waals surface area contributed by atoms with Crippen molar-refractivity contribution >= 4 is 11.8 Å². The number of hydrogen-bond donors (Lipinski definition) is 0. The SMILES string of the molecule is CCCC1CCCN(CCSc2ccccc2)CC1. The van der Waals surface area contributed by atoms with Crippen LogP contribution in [0.4, 0.5) is 0 Å². The molecule has 0 aromatic heterocycles. The van der Waals surface area contributed by atoms with Crippen molar-refractivity contribution < 1.29 is 0 Å². The topological polar surface area (TPSA) is 3.24 Å². The highest BCUT2D eigenvalue weighted by atomic mass is 32.2. The predicted molar refractivity (Wildman–Crippen MR) is 85.9 cm³/mol. The lowest BCUT2D eigenvalue weighted by Gasteiger charge is -2.19. The summed E-state index contributed by atoms with van der Waals surface area (Å²) in [4.78, 5) is 4.08. The molecule has 2 heteroatoms. The fourth-order valence-corrected chi connectivity index (χ4v) is 3.89. The zero-order valence-electron chi connectivity index (χ0n) is 12.2. The van der Waals surface area contributed by atoms with Gasteiger partial charge in [0.15, 0.2) is 0 Å². The summed E-state index contributed by atoms with van der Waals surface area (Å²) >= 11 is 1.99. The Morgan fingerprint density at radius 3 is 2.79 bits per heavy atom. The third-order valence-electron chi connectivity index (χ3n) is 4.06. The van der Waals surface area contributed by atoms with E-state index in [0.717, 1.165) is 5.92 Å². The van der Waals surface area contributed by atoms with Crippen LogP contribution < -0.4 is 0 Å². The van der Waals surface area contributed by atoms with Crippen molar-refractivity contribution in [3.05, 3.63) is 30.3 Å². The molecule has 1 aliphatic heterocycles. The van der Waals surface area contributed by atoms with E-state index in [9.17, 15) is 0 Å². The molecule has 0 saturated carbocycles. The van der Waals surface area contributed by atoms with E-state index in [1.165, 1.54) is 62.4 Å². The maximum absolute atomic E-state index is 2.67. The Kier molecular flexibility index (Phi) is 6.80. The molecule has 1 heterocycles. The first-order chi connectivity index (χ1) is 9.38. The zero-order chi connectivity index (χ0) is 13.3. The van der Waals surface area contributed by atoms with Crippen LogP contribution in [0.3, 0.4) is 0 Å². The molecule has 0 amide bonds. The van der Waals surface area contributed by atoms with Gasteiger partial charge in [-0.2, -0.15) is 0 Å². The summed E-state index contributed by atoms with van der Waals surface area (Å²) in [6.07, 6.45) is 7.07. The van der Waals surface area contributed by atoms with Crippen LogP contribution in [-0.2, 0) is 0 Å². The van der Waals surface area contributed by atoms with Crippen LogP contribution in [0.2, 0.25) is 0 Å². The van der Waals surface area contributed by atoms with Gasteiger partial charge in [-0.1, -0.05) is 38.0 Å². The molecule has 1 fully saturated rings. The van der Waals surface area contributed by atoms with E-state index in [2.05, 4.69) is 42.2 Å². The van der Waals surface area contributed by atoms with Crippen LogP contribution >= 0.6 is 11.8 Å². The molecule has 0 bridgehead atoms. The van der Waals surface area contributed by atoms with E-state index < -0.39 is 0 Å². The molecule has 0 radical (unpaired) electrons. The van der Waals surface area contributed by atoms with Gasteiger partial charge in [0.25, 0.3) is 0 Å². The summed E-state index contributed by atoms with van der Waals surface area (Å²) in [5, 5.41) is 0. The molecule has 0 aliphatic carbocycles. The summed E-state index contributed by atoms with van der Waals surface area (Å²) in [7, 11) is 0. The number of rotatable bonds is 6. The Bertz CT molecular complexity index is 338. The number of hydrogen-bond acceptors (Lipinski definition) is 2. The van der Waals surface area contributed by atoms with E-state index in [0.29, 0.717) is 0 Å². The average molecular weight is 277 g/mol. The van der Waals surface area contributed by atoms with Gasteiger partial charge in [0.05, 0.1) is 0 Å². The fraction of sp³-hybridized carbons (Fsp3) is 0.647. The van der Waals surface area contributed by atoms with Gasteiger partial charge in [-0.3, -0.25) is 0 Å². The summed E-state index contributed by atoms with van der Waals surface area (Å²) in [5.74, 6) is 2.22. The molecular weight excluding hydrogens is 250 g/mol. The Morgan fingerprint density at radius 2 is 2.00 bits per heavy atom. The number of benzene rings is 1. The third kappa shape index (κ3) is 5.58. The van der Waals surface area contributed by atoms with Crippen molar-refractivity contribution in [2.24, 2.45) is 5.92 Å². The van der Waals surface area contributed by atoms with Gasteiger partial charge >= 0.3 is 0 Å². The van der Waals surface area contributed by atoms with Crippen molar-refractivity contribution in [3.63, 3.8) is 0 Å². The predicted octanol–water partition coefficient (Wildman–Crippen LogP) is 4.68. The van der Waals surface area contributed by atoms with Gasteiger partial charge in [0.1, 0.15) is 0 Å². The summed E-state index contributed by atoms with van der Waals surface area (Å²) in [6, 6.07) is 10.8. The molecule has 1 saturated heterocycles. The Labute approximate surface area is 122 Å². The lowest BCUT2D eigenvalue weighted by Crippen LogP contribution is -2.27. The number of thioether (sulfide) groups is 1. The lowest BCUT2D eigenvalue weighted by atomic mass is 9.96. The molecule has 106 valence electrons. The largest absolute Gasteiger partial charge is 0.302 e. The highest BCUT2D eigenvalue weighted by Crippen LogP contribution is 2.23. The monoisotopic (exact) mass is 277 g/mol. The molecule has 1 nitrogen and oxygen atoms in total. The van der Waals surface area contributed by atoms with Crippen LogP contribution in [-0.4, -0.2) is 30.3 Å². The van der Waals surface area contributed by atoms with E-state index in [1.807, 2.05) is 11.8 Å². The van der Waals surface area contributed by atoms with Crippen LogP contribution in [0.15, 0.2) is 35.2 Å². The van der Waals surface area contributed by atoms with Crippen molar-refractivity contribution in [3.8, 4) is 0 Å². The van der Waals surface area contributed by atoms with E-state index in [-0.39, 0.29) is 0 Å². The first kappa shape index (κ1) is 14.9.